The molecule has 0 saturated carbocycles. The molecule has 2 heterocycles. The van der Waals surface area contributed by atoms with Gasteiger partial charge in [0.15, 0.2) is 18.9 Å². The molecular weight excluding hydrogens is 336 g/mol. The summed E-state index contributed by atoms with van der Waals surface area (Å²) in [5.74, 6) is 1.49. The number of anilines is 1. The van der Waals surface area contributed by atoms with Gasteiger partial charge in [-0.25, -0.2) is 14.5 Å². The van der Waals surface area contributed by atoms with Crippen LogP contribution in [0.1, 0.15) is 5.56 Å². The average molecular weight is 355 g/mol. The highest BCUT2D eigenvalue weighted by Crippen LogP contribution is 2.27. The van der Waals surface area contributed by atoms with Crippen molar-refractivity contribution in [3.05, 3.63) is 66.9 Å². The zero-order valence-corrected chi connectivity index (χ0v) is 14.6. The van der Waals surface area contributed by atoms with Crippen molar-refractivity contribution in [1.82, 2.24) is 9.97 Å². The third-order valence-electron chi connectivity index (χ3n) is 3.34. The lowest BCUT2D eigenvalue weighted by molar-refractivity contribution is -0.697. The normalized spacial score (nSPS) is 10.4. The third kappa shape index (κ3) is 5.36. The summed E-state index contributed by atoms with van der Waals surface area (Å²) in [4.78, 5) is 8.00. The Morgan fingerprint density at radius 1 is 1.12 bits per heavy atom. The van der Waals surface area contributed by atoms with Crippen LogP contribution in [-0.2, 0) is 6.54 Å². The Bertz CT molecular complexity index is 813. The van der Waals surface area contributed by atoms with Crippen molar-refractivity contribution in [2.45, 2.75) is 18.5 Å². The molecule has 0 fully saturated rings. The number of benzene rings is 1. The molecule has 25 heavy (non-hydrogen) atoms. The molecule has 3 rings (SSSR count). The van der Waals surface area contributed by atoms with Gasteiger partial charge in [-0.15, -0.1) is 0 Å². The highest BCUT2D eigenvalue weighted by molar-refractivity contribution is 7.95. The zero-order chi connectivity index (χ0) is 17.5. The van der Waals surface area contributed by atoms with Crippen LogP contribution in [0, 0.1) is 6.92 Å². The highest BCUT2D eigenvalue weighted by Gasteiger charge is 2.05. The van der Waals surface area contributed by atoms with E-state index in [1.165, 1.54) is 18.4 Å². The summed E-state index contributed by atoms with van der Waals surface area (Å²) in [5, 5.41) is 0.749. The molecule has 0 spiro atoms. The van der Waals surface area contributed by atoms with Gasteiger partial charge in [-0.3, -0.25) is 0 Å². The summed E-state index contributed by atoms with van der Waals surface area (Å²) in [7, 11) is 0. The fourth-order valence-corrected chi connectivity index (χ4v) is 2.64. The number of hydrogen-bond acceptors (Lipinski definition) is 6. The van der Waals surface area contributed by atoms with E-state index in [-0.39, 0.29) is 0 Å². The Labute approximate surface area is 150 Å². The van der Waals surface area contributed by atoms with E-state index >= 15 is 0 Å². The lowest BCUT2D eigenvalue weighted by Gasteiger charge is -2.09. The van der Waals surface area contributed by atoms with Gasteiger partial charge in [0, 0.05) is 30.1 Å². The molecule has 2 N–H and O–H groups in total. The second-order valence-electron chi connectivity index (χ2n) is 5.41. The molecule has 6 nitrogen and oxygen atoms in total. The number of rotatable bonds is 7. The van der Waals surface area contributed by atoms with Gasteiger partial charge in [-0.05, 0) is 30.7 Å². The van der Waals surface area contributed by atoms with Gasteiger partial charge in [-0.2, -0.15) is 0 Å². The minimum absolute atomic E-state index is 0.552. The third-order valence-corrected chi connectivity index (χ3v) is 4.03. The van der Waals surface area contributed by atoms with Crippen molar-refractivity contribution in [2.75, 3.05) is 12.3 Å². The van der Waals surface area contributed by atoms with E-state index in [4.69, 9.17) is 14.7 Å². The minimum Gasteiger partial charge on any atom is -0.487 e. The van der Waals surface area contributed by atoms with E-state index in [0.29, 0.717) is 6.61 Å². The number of nitrogen functional groups attached to an aromatic ring is 1. The summed E-state index contributed by atoms with van der Waals surface area (Å²) in [6.45, 7) is 3.29. The lowest BCUT2D eigenvalue weighted by atomic mass is 10.2. The summed E-state index contributed by atoms with van der Waals surface area (Å²) in [6.07, 6.45) is 7.04. The van der Waals surface area contributed by atoms with Crippen molar-refractivity contribution in [1.29, 1.82) is 0 Å². The van der Waals surface area contributed by atoms with Crippen LogP contribution in [0.4, 0.5) is 5.69 Å². The minimum atomic E-state index is 0.552. The second kappa shape index (κ2) is 8.34. The number of hydrogen-bond donors (Lipinski definition) is 1. The number of nitrogens with two attached hydrogens (primary N) is 1. The summed E-state index contributed by atoms with van der Waals surface area (Å²) >= 11 is 1.19. The Balaban J connectivity index is 1.56. The van der Waals surface area contributed by atoms with Crippen LogP contribution in [0.2, 0.25) is 0 Å². The van der Waals surface area contributed by atoms with Crippen molar-refractivity contribution in [2.24, 2.45) is 0 Å². The summed E-state index contributed by atoms with van der Waals surface area (Å²) in [5.41, 5.74) is 7.50. The number of aromatic nitrogens is 3. The Kier molecular flexibility index (Phi) is 5.69. The van der Waals surface area contributed by atoms with Crippen molar-refractivity contribution >= 4 is 17.7 Å². The molecule has 0 bridgehead atoms. The van der Waals surface area contributed by atoms with Gasteiger partial charge in [0.1, 0.15) is 41.5 Å². The quantitative estimate of drug-likeness (QED) is 0.399. The zero-order valence-electron chi connectivity index (χ0n) is 13.8. The molecule has 1 aromatic carbocycles. The van der Waals surface area contributed by atoms with Crippen LogP contribution >= 0.6 is 12.0 Å². The summed E-state index contributed by atoms with van der Waals surface area (Å²) in [6, 6.07) is 11.3. The Hall–Kier alpha value is -2.80. The molecule has 0 aliphatic rings. The monoisotopic (exact) mass is 355 g/mol. The molecule has 3 aromatic rings. The van der Waals surface area contributed by atoms with Crippen LogP contribution in [0.15, 0.2) is 66.3 Å². The van der Waals surface area contributed by atoms with Crippen molar-refractivity contribution in [3.8, 4) is 11.5 Å². The first kappa shape index (κ1) is 17.0. The number of ether oxygens (including phenoxy) is 1. The first-order chi connectivity index (χ1) is 12.2. The molecule has 0 atom stereocenters. The van der Waals surface area contributed by atoms with E-state index in [2.05, 4.69) is 9.97 Å². The van der Waals surface area contributed by atoms with Crippen LogP contribution in [0.25, 0.3) is 0 Å². The van der Waals surface area contributed by atoms with E-state index in [9.17, 15) is 0 Å². The van der Waals surface area contributed by atoms with Crippen molar-refractivity contribution < 1.29 is 13.5 Å². The molecule has 0 aliphatic heterocycles. The highest BCUT2D eigenvalue weighted by atomic mass is 32.2. The molecule has 2 aromatic heterocycles. The van der Waals surface area contributed by atoms with Gasteiger partial charge < -0.3 is 14.7 Å². The van der Waals surface area contributed by atoms with Gasteiger partial charge in [0.05, 0.1) is 0 Å². The van der Waals surface area contributed by atoms with E-state index in [0.717, 1.165) is 34.3 Å². The Morgan fingerprint density at radius 2 is 1.92 bits per heavy atom. The van der Waals surface area contributed by atoms with Crippen LogP contribution in [0.5, 0.6) is 11.5 Å². The van der Waals surface area contributed by atoms with E-state index < -0.39 is 0 Å². The molecule has 0 radical (unpaired) electrons. The molecule has 128 valence electrons. The largest absolute Gasteiger partial charge is 0.487 e. The van der Waals surface area contributed by atoms with Crippen LogP contribution < -0.4 is 19.2 Å². The molecule has 0 amide bonds. The van der Waals surface area contributed by atoms with Crippen LogP contribution in [0.3, 0.4) is 0 Å². The molecule has 0 unspecified atom stereocenters. The first-order valence-corrected chi connectivity index (χ1v) is 8.53. The first-order valence-electron chi connectivity index (χ1n) is 7.79. The molecule has 0 aliphatic carbocycles. The molecule has 0 saturated heterocycles. The number of nitrogens with zero attached hydrogens (tertiary/aromatic N) is 3. The van der Waals surface area contributed by atoms with Crippen molar-refractivity contribution in [3.63, 3.8) is 0 Å². The fourth-order valence-electron chi connectivity index (χ4n) is 2.15. The second-order valence-corrected chi connectivity index (χ2v) is 6.17. The Morgan fingerprint density at radius 3 is 2.68 bits per heavy atom. The maximum absolute atomic E-state index is 5.85. The predicted octanol–water partition coefficient (Wildman–Crippen LogP) is 2.82. The van der Waals surface area contributed by atoms with E-state index in [1.54, 1.807) is 12.3 Å². The number of aryl methyl sites for hydroxylation is 1. The number of pyridine rings is 1. The SMILES string of the molecule is Cc1cc(OCC[n+]2ccc(N)cc2)cc(OSc2ccncn2)c1. The fraction of sp³-hybridized carbons (Fsp3) is 0.167. The topological polar surface area (TPSA) is 74.1 Å². The van der Waals surface area contributed by atoms with Gasteiger partial charge in [0.2, 0.25) is 0 Å². The lowest BCUT2D eigenvalue weighted by Crippen LogP contribution is -2.35. The average Bonchev–Trinajstić information content (AvgIpc) is 2.62. The maximum Gasteiger partial charge on any atom is 0.182 e. The van der Waals surface area contributed by atoms with Gasteiger partial charge in [-0.1, -0.05) is 0 Å². The maximum atomic E-state index is 5.85. The summed E-state index contributed by atoms with van der Waals surface area (Å²) < 4.78 is 13.6. The molecule has 7 heteroatoms. The van der Waals surface area contributed by atoms with Crippen LogP contribution in [-0.4, -0.2) is 16.6 Å². The predicted molar refractivity (Wildman–Crippen MR) is 96.2 cm³/mol. The standard InChI is InChI=1S/C18H18N4O2S/c1-14-10-16(23-9-8-22-6-3-15(19)4-7-22)12-17(11-14)24-25-18-2-5-20-13-21-18/h2-7,10-13,19H,8-9H2,1H3/p+1. The van der Waals surface area contributed by atoms with Gasteiger partial charge in [0.25, 0.3) is 0 Å². The van der Waals surface area contributed by atoms with E-state index in [1.807, 2.05) is 54.2 Å². The molecular formula is C18H19N4O2S+. The van der Waals surface area contributed by atoms with Gasteiger partial charge >= 0.3 is 0 Å². The smallest absolute Gasteiger partial charge is 0.182 e.